The van der Waals surface area contributed by atoms with E-state index in [1.165, 1.54) is 0 Å². The van der Waals surface area contributed by atoms with E-state index in [-0.39, 0.29) is 12.3 Å². The molecule has 0 saturated heterocycles. The molecule has 3 rings (SSSR count). The van der Waals surface area contributed by atoms with Gasteiger partial charge in [0.25, 0.3) is 0 Å². The molecule has 106 valence electrons. The molecule has 1 fully saturated rings. The van der Waals surface area contributed by atoms with Gasteiger partial charge in [-0.1, -0.05) is 12.1 Å². The van der Waals surface area contributed by atoms with Crippen molar-refractivity contribution in [1.82, 2.24) is 0 Å². The maximum atomic E-state index is 11.6. The number of carboxylic acid groups (broad SMARTS) is 1. The molecule has 5 heteroatoms. The molecule has 0 bridgehead atoms. The molecule has 1 atom stereocenters. The van der Waals surface area contributed by atoms with E-state index in [2.05, 4.69) is 0 Å². The van der Waals surface area contributed by atoms with Gasteiger partial charge in [-0.3, -0.25) is 9.59 Å². The monoisotopic (exact) mass is 275 g/mol. The van der Waals surface area contributed by atoms with Crippen molar-refractivity contribution in [3.05, 3.63) is 29.3 Å². The number of carbonyl (C=O) groups excluding carboxylic acids is 1. The van der Waals surface area contributed by atoms with Gasteiger partial charge in [-0.15, -0.1) is 0 Å². The molecule has 1 aromatic rings. The zero-order chi connectivity index (χ0) is 14.3. The number of carboxylic acids is 1. The van der Waals surface area contributed by atoms with Gasteiger partial charge < -0.3 is 15.6 Å². The first-order chi connectivity index (χ1) is 9.54. The third kappa shape index (κ3) is 1.94. The second-order valence-corrected chi connectivity index (χ2v) is 5.61. The van der Waals surface area contributed by atoms with Crippen LogP contribution < -0.4 is 10.5 Å². The largest absolute Gasteiger partial charge is 0.493 e. The number of nitrogens with two attached hydrogens (primary N) is 1. The van der Waals surface area contributed by atoms with Crippen molar-refractivity contribution in [3.63, 3.8) is 0 Å². The predicted octanol–water partition coefficient (Wildman–Crippen LogP) is 1.45. The molecule has 1 heterocycles. The number of aliphatic carboxylic acids is 1. The summed E-state index contributed by atoms with van der Waals surface area (Å²) in [6.07, 6.45) is 2.04. The van der Waals surface area contributed by atoms with Crippen molar-refractivity contribution < 1.29 is 19.4 Å². The van der Waals surface area contributed by atoms with Crippen molar-refractivity contribution in [2.24, 2.45) is 11.1 Å². The van der Waals surface area contributed by atoms with Gasteiger partial charge in [-0.05, 0) is 24.5 Å². The lowest BCUT2D eigenvalue weighted by Gasteiger charge is -2.24. The van der Waals surface area contributed by atoms with Crippen LogP contribution in [-0.4, -0.2) is 23.6 Å². The van der Waals surface area contributed by atoms with Gasteiger partial charge in [0.2, 0.25) is 5.91 Å². The topological polar surface area (TPSA) is 89.6 Å². The summed E-state index contributed by atoms with van der Waals surface area (Å²) >= 11 is 0. The van der Waals surface area contributed by atoms with Crippen molar-refractivity contribution in [2.75, 3.05) is 6.61 Å². The van der Waals surface area contributed by atoms with Crippen molar-refractivity contribution >= 4 is 11.9 Å². The zero-order valence-electron chi connectivity index (χ0n) is 11.1. The van der Waals surface area contributed by atoms with Crippen LogP contribution in [0.15, 0.2) is 18.2 Å². The number of rotatable bonds is 5. The highest BCUT2D eigenvalue weighted by atomic mass is 16.5. The Morgan fingerprint density at radius 2 is 2.15 bits per heavy atom. The summed E-state index contributed by atoms with van der Waals surface area (Å²) in [6, 6.07) is 5.64. The molecule has 1 amide bonds. The molecule has 0 aromatic heterocycles. The molecule has 1 aliphatic carbocycles. The highest BCUT2D eigenvalue weighted by molar-refractivity contribution is 5.82. The van der Waals surface area contributed by atoms with E-state index in [1.54, 1.807) is 0 Å². The van der Waals surface area contributed by atoms with Gasteiger partial charge >= 0.3 is 5.97 Å². The fraction of sp³-hybridized carbons (Fsp3) is 0.467. The summed E-state index contributed by atoms with van der Waals surface area (Å²) in [6.45, 7) is 0.607. The minimum atomic E-state index is -0.833. The number of fused-ring (bicyclic) bond motifs is 1. The van der Waals surface area contributed by atoms with Crippen LogP contribution in [0, 0.1) is 5.41 Å². The number of primary amides is 1. The lowest BCUT2D eigenvalue weighted by Crippen LogP contribution is -2.28. The van der Waals surface area contributed by atoms with Gasteiger partial charge in [-0.25, -0.2) is 0 Å². The summed E-state index contributed by atoms with van der Waals surface area (Å²) in [7, 11) is 0. The van der Waals surface area contributed by atoms with Crippen LogP contribution in [0.4, 0.5) is 0 Å². The maximum absolute atomic E-state index is 11.6. The zero-order valence-corrected chi connectivity index (χ0v) is 11.1. The Labute approximate surface area is 116 Å². The summed E-state index contributed by atoms with van der Waals surface area (Å²) in [5.74, 6) is -0.841. The minimum Gasteiger partial charge on any atom is -0.493 e. The summed E-state index contributed by atoms with van der Waals surface area (Å²) in [5.41, 5.74) is 6.46. The molecule has 1 aromatic carbocycles. The highest BCUT2D eigenvalue weighted by Crippen LogP contribution is 2.58. The first-order valence-electron chi connectivity index (χ1n) is 6.81. The molecule has 2 aliphatic rings. The van der Waals surface area contributed by atoms with Crippen molar-refractivity contribution in [2.45, 2.75) is 31.6 Å². The van der Waals surface area contributed by atoms with E-state index in [9.17, 15) is 14.7 Å². The Kier molecular flexibility index (Phi) is 2.92. The second kappa shape index (κ2) is 4.51. The summed E-state index contributed by atoms with van der Waals surface area (Å²) < 4.78 is 5.52. The maximum Gasteiger partial charge on any atom is 0.310 e. The van der Waals surface area contributed by atoms with Crippen LogP contribution in [0.1, 0.15) is 36.3 Å². The Morgan fingerprint density at radius 1 is 1.40 bits per heavy atom. The normalized spacial score (nSPS) is 19.8. The fourth-order valence-electron chi connectivity index (χ4n) is 3.23. The molecular formula is C15H17NO4. The number of amides is 1. The van der Waals surface area contributed by atoms with Crippen LogP contribution in [0.2, 0.25) is 0 Å². The van der Waals surface area contributed by atoms with Crippen molar-refractivity contribution in [3.8, 4) is 5.75 Å². The molecule has 1 unspecified atom stereocenters. The van der Waals surface area contributed by atoms with E-state index < -0.39 is 17.3 Å². The predicted molar refractivity (Wildman–Crippen MR) is 71.5 cm³/mol. The van der Waals surface area contributed by atoms with Crippen LogP contribution >= 0.6 is 0 Å². The number of hydrogen-bond acceptors (Lipinski definition) is 3. The van der Waals surface area contributed by atoms with Gasteiger partial charge in [0, 0.05) is 24.3 Å². The first kappa shape index (κ1) is 13.0. The lowest BCUT2D eigenvalue weighted by atomic mass is 9.78. The number of carbonyl (C=O) groups is 2. The second-order valence-electron chi connectivity index (χ2n) is 5.61. The first-order valence-corrected chi connectivity index (χ1v) is 6.81. The number of ether oxygens (including phenoxy) is 1. The lowest BCUT2D eigenvalue weighted by molar-refractivity contribution is -0.144. The molecule has 20 heavy (non-hydrogen) atoms. The van der Waals surface area contributed by atoms with E-state index >= 15 is 0 Å². The Balaban J connectivity index is 2.05. The Hall–Kier alpha value is -2.04. The Bertz CT molecular complexity index is 577. The molecule has 0 radical (unpaired) electrons. The quantitative estimate of drug-likeness (QED) is 0.851. The number of benzene rings is 1. The van der Waals surface area contributed by atoms with Crippen LogP contribution in [-0.2, 0) is 16.0 Å². The third-order valence-electron chi connectivity index (χ3n) is 4.44. The summed E-state index contributed by atoms with van der Waals surface area (Å²) in [5, 5.41) is 9.51. The van der Waals surface area contributed by atoms with Gasteiger partial charge in [0.1, 0.15) is 5.75 Å². The van der Waals surface area contributed by atoms with Gasteiger partial charge in [-0.2, -0.15) is 0 Å². The minimum absolute atomic E-state index is 0.0722. The highest BCUT2D eigenvalue weighted by Gasteiger charge is 2.57. The van der Waals surface area contributed by atoms with Gasteiger partial charge in [0.05, 0.1) is 12.0 Å². The Morgan fingerprint density at radius 3 is 2.75 bits per heavy atom. The van der Waals surface area contributed by atoms with Crippen LogP contribution in [0.5, 0.6) is 5.75 Å². The number of hydrogen-bond donors (Lipinski definition) is 2. The SMILES string of the molecule is NC(=O)CC(c1cccc2c1CCO2)C1(C(=O)O)CC1. The van der Waals surface area contributed by atoms with Crippen molar-refractivity contribution in [1.29, 1.82) is 0 Å². The molecule has 5 nitrogen and oxygen atoms in total. The third-order valence-corrected chi connectivity index (χ3v) is 4.44. The van der Waals surface area contributed by atoms with E-state index in [0.29, 0.717) is 19.4 Å². The van der Waals surface area contributed by atoms with Gasteiger partial charge in [0.15, 0.2) is 0 Å². The summed E-state index contributed by atoms with van der Waals surface area (Å²) in [4.78, 5) is 23.0. The molecule has 1 aliphatic heterocycles. The fourth-order valence-corrected chi connectivity index (χ4v) is 3.23. The molecular weight excluding hydrogens is 258 g/mol. The average molecular weight is 275 g/mol. The van der Waals surface area contributed by atoms with E-state index in [0.717, 1.165) is 23.3 Å². The smallest absolute Gasteiger partial charge is 0.310 e. The molecule has 0 spiro atoms. The van der Waals surface area contributed by atoms with E-state index in [1.807, 2.05) is 18.2 Å². The van der Waals surface area contributed by atoms with Crippen LogP contribution in [0.25, 0.3) is 0 Å². The molecule has 1 saturated carbocycles. The molecule has 3 N–H and O–H groups in total. The average Bonchev–Trinajstić information content (AvgIpc) is 3.06. The van der Waals surface area contributed by atoms with Crippen LogP contribution in [0.3, 0.4) is 0 Å². The van der Waals surface area contributed by atoms with E-state index in [4.69, 9.17) is 10.5 Å². The standard InChI is InChI=1S/C15H17NO4/c16-13(17)8-11(15(5-6-15)14(18)19)9-2-1-3-12-10(9)4-7-20-12/h1-3,11H,4-8H2,(H2,16,17)(H,18,19).